The van der Waals surface area contributed by atoms with E-state index >= 15 is 0 Å². The molecule has 0 radical (unpaired) electrons. The van der Waals surface area contributed by atoms with Crippen molar-refractivity contribution in [2.75, 3.05) is 13.2 Å². The van der Waals surface area contributed by atoms with Gasteiger partial charge in [-0.15, -0.1) is 0 Å². The Labute approximate surface area is 221 Å². The number of carbonyl (C=O) groups excluding carboxylic acids is 3. The number of fused-ring (bicyclic) bond motifs is 1. The average Bonchev–Trinajstić information content (AvgIpc) is 3.34. The van der Waals surface area contributed by atoms with Crippen molar-refractivity contribution >= 4 is 17.7 Å². The van der Waals surface area contributed by atoms with Gasteiger partial charge in [0.25, 0.3) is 11.8 Å². The van der Waals surface area contributed by atoms with E-state index in [1.165, 1.54) is 23.4 Å². The number of imidazole rings is 1. The summed E-state index contributed by atoms with van der Waals surface area (Å²) in [4.78, 5) is 45.8. The first-order chi connectivity index (χ1) is 18.3. The smallest absolute Gasteiger partial charge is 0.273 e. The third kappa shape index (κ3) is 5.53. The van der Waals surface area contributed by atoms with Gasteiger partial charge in [0.05, 0.1) is 19.5 Å². The molecule has 38 heavy (non-hydrogen) atoms. The molecule has 10 heteroatoms. The molecular formula is C28H32FN5O4. The van der Waals surface area contributed by atoms with Crippen LogP contribution >= 0.6 is 0 Å². The third-order valence-electron chi connectivity index (χ3n) is 6.56. The summed E-state index contributed by atoms with van der Waals surface area (Å²) < 4.78 is 20.2. The molecule has 1 atom stereocenters. The molecule has 2 N–H and O–H groups in total. The monoisotopic (exact) mass is 521 g/mol. The highest BCUT2D eigenvalue weighted by atomic mass is 19.1. The van der Waals surface area contributed by atoms with Crippen LogP contribution in [-0.2, 0) is 24.4 Å². The lowest BCUT2D eigenvalue weighted by Crippen LogP contribution is -2.64. The van der Waals surface area contributed by atoms with Crippen molar-refractivity contribution < 1.29 is 23.5 Å². The number of benzene rings is 2. The van der Waals surface area contributed by atoms with Crippen LogP contribution < -0.4 is 15.4 Å². The second-order valence-electron chi connectivity index (χ2n) is 9.37. The van der Waals surface area contributed by atoms with Crippen LogP contribution in [0.3, 0.4) is 0 Å². The van der Waals surface area contributed by atoms with Crippen LogP contribution in [0.5, 0.6) is 5.75 Å². The molecular weight excluding hydrogens is 489 g/mol. The van der Waals surface area contributed by atoms with Gasteiger partial charge in [-0.05, 0) is 55.7 Å². The number of nitrogens with one attached hydrogen (secondary N) is 2. The summed E-state index contributed by atoms with van der Waals surface area (Å²) >= 11 is 0. The van der Waals surface area contributed by atoms with Crippen LogP contribution in [0.1, 0.15) is 59.3 Å². The molecule has 0 saturated heterocycles. The van der Waals surface area contributed by atoms with E-state index in [2.05, 4.69) is 15.6 Å². The Balaban J connectivity index is 1.50. The van der Waals surface area contributed by atoms with Gasteiger partial charge in [0.15, 0.2) is 5.69 Å². The topological polar surface area (TPSA) is 106 Å². The second-order valence-corrected chi connectivity index (χ2v) is 9.37. The van der Waals surface area contributed by atoms with Crippen molar-refractivity contribution in [1.82, 2.24) is 25.1 Å². The summed E-state index contributed by atoms with van der Waals surface area (Å²) in [6.07, 6.45) is 2.05. The molecule has 0 saturated carbocycles. The van der Waals surface area contributed by atoms with E-state index in [0.717, 1.165) is 16.9 Å². The van der Waals surface area contributed by atoms with Crippen LogP contribution in [0, 0.1) is 5.82 Å². The molecule has 3 amide bonds. The Kier molecular flexibility index (Phi) is 8.09. The number of ether oxygens (including phenoxy) is 1. The molecule has 200 valence electrons. The Bertz CT molecular complexity index is 1310. The SMILES string of the molecule is CCCN1C(=O)c2c(C(=O)NCc3ccc(OCC)cc3)ncn2CC1(C)C(=O)NCc1ccc(F)cc1. The number of hydrogen-bond donors (Lipinski definition) is 2. The fourth-order valence-corrected chi connectivity index (χ4v) is 4.54. The van der Waals surface area contributed by atoms with Gasteiger partial charge in [-0.25, -0.2) is 9.37 Å². The molecule has 3 aromatic rings. The predicted molar refractivity (Wildman–Crippen MR) is 139 cm³/mol. The number of rotatable bonds is 10. The largest absolute Gasteiger partial charge is 0.494 e. The molecule has 2 aromatic carbocycles. The van der Waals surface area contributed by atoms with Crippen molar-refractivity contribution in [1.29, 1.82) is 0 Å². The van der Waals surface area contributed by atoms with Gasteiger partial charge in [0, 0.05) is 19.6 Å². The second kappa shape index (κ2) is 11.5. The number of aromatic nitrogens is 2. The van der Waals surface area contributed by atoms with E-state index in [0.29, 0.717) is 19.6 Å². The summed E-state index contributed by atoms with van der Waals surface area (Å²) in [6.45, 7) is 7.02. The number of hydrogen-bond acceptors (Lipinski definition) is 5. The first kappa shape index (κ1) is 26.8. The summed E-state index contributed by atoms with van der Waals surface area (Å²) in [5.41, 5.74) is 0.598. The Morgan fingerprint density at radius 2 is 1.66 bits per heavy atom. The third-order valence-corrected chi connectivity index (χ3v) is 6.56. The van der Waals surface area contributed by atoms with Gasteiger partial charge in [-0.1, -0.05) is 31.2 Å². The van der Waals surface area contributed by atoms with Crippen molar-refractivity contribution in [3.8, 4) is 5.75 Å². The first-order valence-corrected chi connectivity index (χ1v) is 12.7. The van der Waals surface area contributed by atoms with Crippen LogP contribution in [0.4, 0.5) is 4.39 Å². The van der Waals surface area contributed by atoms with Gasteiger partial charge in [-0.2, -0.15) is 0 Å². The first-order valence-electron chi connectivity index (χ1n) is 12.7. The van der Waals surface area contributed by atoms with Gasteiger partial charge >= 0.3 is 0 Å². The highest BCUT2D eigenvalue weighted by Gasteiger charge is 2.48. The zero-order chi connectivity index (χ0) is 27.3. The van der Waals surface area contributed by atoms with Crippen molar-refractivity contribution in [2.24, 2.45) is 0 Å². The number of carbonyl (C=O) groups is 3. The standard InChI is InChI=1S/C28H32FN5O4/c1-4-14-34-26(36)24-23(25(35)30-15-20-8-12-22(13-9-20)38-5-2)32-18-33(24)17-28(34,3)27(37)31-16-19-6-10-21(29)11-7-19/h6-13,18H,4-5,14-17H2,1-3H3,(H,30,35)(H,31,37). The normalized spacial score (nSPS) is 16.6. The van der Waals surface area contributed by atoms with E-state index in [-0.39, 0.29) is 42.7 Å². The molecule has 0 spiro atoms. The quantitative estimate of drug-likeness (QED) is 0.426. The van der Waals surface area contributed by atoms with Crippen LogP contribution in [-0.4, -0.2) is 50.9 Å². The van der Waals surface area contributed by atoms with Crippen LogP contribution in [0.25, 0.3) is 0 Å². The molecule has 1 aliphatic heterocycles. The van der Waals surface area contributed by atoms with E-state index in [4.69, 9.17) is 4.74 Å². The minimum atomic E-state index is -1.20. The predicted octanol–water partition coefficient (Wildman–Crippen LogP) is 3.29. The van der Waals surface area contributed by atoms with E-state index in [1.54, 1.807) is 23.6 Å². The molecule has 0 aliphatic carbocycles. The minimum Gasteiger partial charge on any atom is -0.494 e. The lowest BCUT2D eigenvalue weighted by molar-refractivity contribution is -0.133. The number of amides is 3. The molecule has 1 aromatic heterocycles. The Hall–Kier alpha value is -4.21. The maximum absolute atomic E-state index is 13.6. The summed E-state index contributed by atoms with van der Waals surface area (Å²) in [7, 11) is 0. The highest BCUT2D eigenvalue weighted by molar-refractivity contribution is 6.07. The highest BCUT2D eigenvalue weighted by Crippen LogP contribution is 2.29. The molecule has 2 heterocycles. The lowest BCUT2D eigenvalue weighted by Gasteiger charge is -2.43. The lowest BCUT2D eigenvalue weighted by atomic mass is 9.94. The minimum absolute atomic E-state index is 0.0239. The summed E-state index contributed by atoms with van der Waals surface area (Å²) in [5.74, 6) is -0.851. The molecule has 0 bridgehead atoms. The van der Waals surface area contributed by atoms with Crippen molar-refractivity contribution in [2.45, 2.75) is 52.4 Å². The van der Waals surface area contributed by atoms with Gasteiger partial charge in [0.2, 0.25) is 5.91 Å². The summed E-state index contributed by atoms with van der Waals surface area (Å²) in [6, 6.07) is 13.2. The van der Waals surface area contributed by atoms with E-state index in [9.17, 15) is 18.8 Å². The van der Waals surface area contributed by atoms with E-state index < -0.39 is 17.4 Å². The molecule has 1 unspecified atom stereocenters. The van der Waals surface area contributed by atoms with E-state index in [1.807, 2.05) is 38.1 Å². The Morgan fingerprint density at radius 1 is 1.03 bits per heavy atom. The van der Waals surface area contributed by atoms with Crippen LogP contribution in [0.2, 0.25) is 0 Å². The van der Waals surface area contributed by atoms with Gasteiger partial charge in [-0.3, -0.25) is 14.4 Å². The average molecular weight is 522 g/mol. The van der Waals surface area contributed by atoms with Gasteiger partial charge in [0.1, 0.15) is 22.8 Å². The van der Waals surface area contributed by atoms with Crippen molar-refractivity contribution in [3.05, 3.63) is 83.2 Å². The zero-order valence-corrected chi connectivity index (χ0v) is 21.8. The van der Waals surface area contributed by atoms with Crippen molar-refractivity contribution in [3.63, 3.8) is 0 Å². The molecule has 4 rings (SSSR count). The van der Waals surface area contributed by atoms with Gasteiger partial charge < -0.3 is 24.8 Å². The molecule has 1 aliphatic rings. The zero-order valence-electron chi connectivity index (χ0n) is 21.8. The molecule has 0 fully saturated rings. The Morgan fingerprint density at radius 3 is 2.29 bits per heavy atom. The summed E-state index contributed by atoms with van der Waals surface area (Å²) in [5, 5.41) is 5.69. The maximum Gasteiger partial charge on any atom is 0.273 e. The fraction of sp³-hybridized carbons (Fsp3) is 0.357. The maximum atomic E-state index is 13.6. The fourth-order valence-electron chi connectivity index (χ4n) is 4.54. The van der Waals surface area contributed by atoms with Crippen LogP contribution in [0.15, 0.2) is 54.9 Å². The number of halogens is 1. The molecule has 9 nitrogen and oxygen atoms in total. The number of nitrogens with zero attached hydrogens (tertiary/aromatic N) is 3.